The van der Waals surface area contributed by atoms with Crippen molar-refractivity contribution in [3.05, 3.63) is 60.2 Å². The minimum Gasteiger partial charge on any atom is -0.321 e. The summed E-state index contributed by atoms with van der Waals surface area (Å²) >= 11 is 0. The maximum atomic E-state index is 14.1. The Kier molecular flexibility index (Phi) is 5.29. The molecular formula is C19H21FN6O2. The molecule has 146 valence electrons. The zero-order valence-corrected chi connectivity index (χ0v) is 15.1. The molecule has 2 aliphatic heterocycles. The van der Waals surface area contributed by atoms with Crippen molar-refractivity contribution in [1.29, 1.82) is 0 Å². The number of para-hydroxylation sites is 1. The van der Waals surface area contributed by atoms with Crippen molar-refractivity contribution < 1.29 is 14.0 Å². The normalized spacial score (nSPS) is 24.6. The molecule has 0 spiro atoms. The second-order valence-electron chi connectivity index (χ2n) is 6.69. The molecule has 3 amide bonds. The molecule has 2 saturated heterocycles. The number of fused-ring (bicyclic) bond motifs is 1. The summed E-state index contributed by atoms with van der Waals surface area (Å²) in [5.74, 6) is -1.59. The molecule has 2 aliphatic rings. The van der Waals surface area contributed by atoms with Gasteiger partial charge in [-0.3, -0.25) is 25.7 Å². The van der Waals surface area contributed by atoms with E-state index in [1.54, 1.807) is 12.3 Å². The highest BCUT2D eigenvalue weighted by Gasteiger charge is 2.45. The van der Waals surface area contributed by atoms with E-state index in [9.17, 15) is 14.0 Å². The van der Waals surface area contributed by atoms with Crippen LogP contribution in [-0.4, -0.2) is 42.5 Å². The first-order valence-electron chi connectivity index (χ1n) is 9.15. The van der Waals surface area contributed by atoms with Crippen LogP contribution < -0.4 is 26.2 Å². The molecule has 0 aliphatic carbocycles. The van der Waals surface area contributed by atoms with E-state index in [1.807, 2.05) is 18.2 Å². The minimum absolute atomic E-state index is 0.0425. The maximum absolute atomic E-state index is 14.1. The molecule has 0 bridgehead atoms. The van der Waals surface area contributed by atoms with Gasteiger partial charge in [-0.05, 0) is 24.3 Å². The van der Waals surface area contributed by atoms with Gasteiger partial charge < -0.3 is 5.32 Å². The molecule has 2 fully saturated rings. The van der Waals surface area contributed by atoms with E-state index in [4.69, 9.17) is 0 Å². The number of carbonyl (C=O) groups excluding carboxylic acids is 2. The standard InChI is InChI=1S/C19H21FN6O2/c20-14-6-1-2-7-15(14)26-17(27)13-11-23-18(24-16(13)25-19(26)28)22-10-8-12-5-3-4-9-21-12/h1-7,9,13,16,18,22-24H,8,10-11H2,(H,25,28). The number of benzene rings is 1. The average Bonchev–Trinajstić information content (AvgIpc) is 2.70. The number of aromatic nitrogens is 1. The van der Waals surface area contributed by atoms with Crippen LogP contribution in [0.5, 0.6) is 0 Å². The summed E-state index contributed by atoms with van der Waals surface area (Å²) < 4.78 is 14.1. The molecule has 4 N–H and O–H groups in total. The van der Waals surface area contributed by atoms with E-state index in [0.717, 1.165) is 17.0 Å². The van der Waals surface area contributed by atoms with Crippen LogP contribution in [0.3, 0.4) is 0 Å². The molecule has 9 heteroatoms. The lowest BCUT2D eigenvalue weighted by Crippen LogP contribution is -2.75. The van der Waals surface area contributed by atoms with Gasteiger partial charge in [0, 0.05) is 31.4 Å². The van der Waals surface area contributed by atoms with Crippen LogP contribution in [0, 0.1) is 11.7 Å². The number of anilines is 1. The lowest BCUT2D eigenvalue weighted by molar-refractivity contribution is -0.124. The Morgan fingerprint density at radius 3 is 2.79 bits per heavy atom. The Labute approximate surface area is 161 Å². The number of hydrogen-bond acceptors (Lipinski definition) is 6. The highest BCUT2D eigenvalue weighted by Crippen LogP contribution is 2.25. The highest BCUT2D eigenvalue weighted by molar-refractivity contribution is 6.17. The fourth-order valence-electron chi connectivity index (χ4n) is 3.44. The Hall–Kier alpha value is -2.88. The SMILES string of the molecule is O=C1NC2NC(NCCc3ccccn3)NCC2C(=O)N1c1ccccc1F. The molecule has 28 heavy (non-hydrogen) atoms. The second kappa shape index (κ2) is 8.01. The van der Waals surface area contributed by atoms with Crippen molar-refractivity contribution in [3.8, 4) is 0 Å². The first-order valence-corrected chi connectivity index (χ1v) is 9.15. The van der Waals surface area contributed by atoms with Gasteiger partial charge in [0.15, 0.2) is 0 Å². The van der Waals surface area contributed by atoms with Crippen molar-refractivity contribution in [2.45, 2.75) is 18.9 Å². The zero-order chi connectivity index (χ0) is 19.5. The number of nitrogens with zero attached hydrogens (tertiary/aromatic N) is 2. The topological polar surface area (TPSA) is 98.4 Å². The van der Waals surface area contributed by atoms with Crippen LogP contribution in [0.2, 0.25) is 0 Å². The molecule has 8 nitrogen and oxygen atoms in total. The molecule has 1 aromatic heterocycles. The van der Waals surface area contributed by atoms with Crippen molar-refractivity contribution in [3.63, 3.8) is 0 Å². The quantitative estimate of drug-likeness (QED) is 0.600. The van der Waals surface area contributed by atoms with E-state index < -0.39 is 29.8 Å². The van der Waals surface area contributed by atoms with Gasteiger partial charge in [-0.1, -0.05) is 18.2 Å². The van der Waals surface area contributed by atoms with Crippen LogP contribution in [-0.2, 0) is 11.2 Å². The first kappa shape index (κ1) is 18.5. The number of imide groups is 1. The summed E-state index contributed by atoms with van der Waals surface area (Å²) in [6.07, 6.45) is 1.71. The van der Waals surface area contributed by atoms with Crippen molar-refractivity contribution >= 4 is 17.6 Å². The van der Waals surface area contributed by atoms with Crippen LogP contribution >= 0.6 is 0 Å². The molecule has 4 rings (SSSR count). The number of carbonyl (C=O) groups is 2. The third-order valence-corrected chi connectivity index (χ3v) is 4.86. The maximum Gasteiger partial charge on any atom is 0.330 e. The number of amides is 3. The van der Waals surface area contributed by atoms with E-state index in [1.165, 1.54) is 18.2 Å². The lowest BCUT2D eigenvalue weighted by atomic mass is 9.99. The number of halogens is 1. The molecule has 3 atom stereocenters. The van der Waals surface area contributed by atoms with Crippen LogP contribution in [0.25, 0.3) is 0 Å². The number of urea groups is 1. The van der Waals surface area contributed by atoms with Gasteiger partial charge in [-0.15, -0.1) is 0 Å². The molecule has 0 saturated carbocycles. The van der Waals surface area contributed by atoms with Crippen molar-refractivity contribution in [2.24, 2.45) is 5.92 Å². The zero-order valence-electron chi connectivity index (χ0n) is 15.1. The average molecular weight is 384 g/mol. The molecule has 0 radical (unpaired) electrons. The summed E-state index contributed by atoms with van der Waals surface area (Å²) in [5, 5.41) is 12.4. The summed E-state index contributed by atoms with van der Waals surface area (Å²) in [6.45, 7) is 1.02. The largest absolute Gasteiger partial charge is 0.330 e. The fraction of sp³-hybridized carbons (Fsp3) is 0.316. The monoisotopic (exact) mass is 384 g/mol. The Bertz CT molecular complexity index is 865. The van der Waals surface area contributed by atoms with Crippen LogP contribution in [0.15, 0.2) is 48.7 Å². The fourth-order valence-corrected chi connectivity index (χ4v) is 3.44. The van der Waals surface area contributed by atoms with Gasteiger partial charge >= 0.3 is 6.03 Å². The van der Waals surface area contributed by atoms with Gasteiger partial charge in [-0.25, -0.2) is 14.1 Å². The number of rotatable bonds is 5. The summed E-state index contributed by atoms with van der Waals surface area (Å²) in [5.41, 5.74) is 0.935. The molecule has 1 aromatic carbocycles. The third kappa shape index (κ3) is 3.72. The predicted molar refractivity (Wildman–Crippen MR) is 101 cm³/mol. The number of nitrogens with one attached hydrogen (secondary N) is 4. The Morgan fingerprint density at radius 1 is 1.18 bits per heavy atom. The minimum atomic E-state index is -0.641. The first-order chi connectivity index (χ1) is 13.6. The van der Waals surface area contributed by atoms with E-state index in [0.29, 0.717) is 13.1 Å². The lowest BCUT2D eigenvalue weighted by Gasteiger charge is -2.43. The van der Waals surface area contributed by atoms with Crippen LogP contribution in [0.1, 0.15) is 5.69 Å². The Balaban J connectivity index is 1.37. The van der Waals surface area contributed by atoms with Gasteiger partial charge in [0.1, 0.15) is 12.1 Å². The molecule has 3 unspecified atom stereocenters. The van der Waals surface area contributed by atoms with Gasteiger partial charge in [0.2, 0.25) is 5.91 Å². The summed E-state index contributed by atoms with van der Waals surface area (Å²) in [6, 6.07) is 10.9. The molecule has 2 aromatic rings. The van der Waals surface area contributed by atoms with Crippen molar-refractivity contribution in [1.82, 2.24) is 26.3 Å². The highest BCUT2D eigenvalue weighted by atomic mass is 19.1. The predicted octanol–water partition coefficient (Wildman–Crippen LogP) is 0.528. The molecule has 3 heterocycles. The third-order valence-electron chi connectivity index (χ3n) is 4.86. The van der Waals surface area contributed by atoms with Gasteiger partial charge in [0.05, 0.1) is 17.8 Å². The second-order valence-corrected chi connectivity index (χ2v) is 6.69. The van der Waals surface area contributed by atoms with E-state index >= 15 is 0 Å². The smallest absolute Gasteiger partial charge is 0.321 e. The summed E-state index contributed by atoms with van der Waals surface area (Å²) in [7, 11) is 0. The van der Waals surface area contributed by atoms with Gasteiger partial charge in [-0.2, -0.15) is 0 Å². The van der Waals surface area contributed by atoms with E-state index in [2.05, 4.69) is 26.3 Å². The van der Waals surface area contributed by atoms with Crippen molar-refractivity contribution in [2.75, 3.05) is 18.0 Å². The van der Waals surface area contributed by atoms with Crippen LogP contribution in [0.4, 0.5) is 14.9 Å². The molecular weight excluding hydrogens is 363 g/mol. The number of hydrogen-bond donors (Lipinski definition) is 4. The Morgan fingerprint density at radius 2 is 2.00 bits per heavy atom. The van der Waals surface area contributed by atoms with E-state index in [-0.39, 0.29) is 12.0 Å². The summed E-state index contributed by atoms with van der Waals surface area (Å²) in [4.78, 5) is 30.4. The van der Waals surface area contributed by atoms with Gasteiger partial charge in [0.25, 0.3) is 0 Å². The number of pyridine rings is 1.